The van der Waals surface area contributed by atoms with Crippen molar-refractivity contribution in [2.45, 2.75) is 44.2 Å². The first-order valence-electron chi connectivity index (χ1n) is 13.6. The molecular formula is C29H36FN3O7S. The number of Topliss-reactive ketones (excluding diaryl/α,β-unsaturated/α-hetero) is 1. The second-order valence-corrected chi connectivity index (χ2v) is 13.0. The van der Waals surface area contributed by atoms with Crippen LogP contribution in [0.5, 0.6) is 5.75 Å². The van der Waals surface area contributed by atoms with Gasteiger partial charge in [-0.1, -0.05) is 24.3 Å². The number of nitrogens with zero attached hydrogens (tertiary/aromatic N) is 2. The summed E-state index contributed by atoms with van der Waals surface area (Å²) in [6, 6.07) is 8.12. The predicted molar refractivity (Wildman–Crippen MR) is 150 cm³/mol. The predicted octanol–water partition coefficient (Wildman–Crippen LogP) is 2.37. The molecule has 2 aromatic rings. The Morgan fingerprint density at radius 2 is 1.88 bits per heavy atom. The van der Waals surface area contributed by atoms with Crippen molar-refractivity contribution in [2.75, 3.05) is 32.9 Å². The van der Waals surface area contributed by atoms with Crippen molar-refractivity contribution in [1.29, 1.82) is 0 Å². The molecule has 2 aliphatic heterocycles. The average Bonchev–Trinajstić information content (AvgIpc) is 3.42. The number of piperidine rings is 1. The third-order valence-corrected chi connectivity index (χ3v) is 9.74. The number of rotatable bonds is 9. The van der Waals surface area contributed by atoms with E-state index in [1.54, 1.807) is 19.1 Å². The topological polar surface area (TPSA) is 144 Å². The zero-order valence-corrected chi connectivity index (χ0v) is 24.1. The number of carboxylic acid groups (broad SMARTS) is 1. The molecule has 2 heterocycles. The molecule has 2 aromatic carbocycles. The Balaban J connectivity index is 1.78. The Kier molecular flexibility index (Phi) is 9.15. The van der Waals surface area contributed by atoms with Crippen LogP contribution in [0.25, 0.3) is 0 Å². The van der Waals surface area contributed by atoms with Crippen LogP contribution in [-0.2, 0) is 19.6 Å². The molecule has 222 valence electrons. The highest BCUT2D eigenvalue weighted by Crippen LogP contribution is 2.41. The number of aliphatic carboxylic acids is 1. The first-order chi connectivity index (χ1) is 19.3. The number of phenolic OH excluding ortho intramolecular Hbond substituents is 1. The SMILES string of the molecule is Cc1c(F)cccc1[C@H]1[C@@H](CC(C(=O)c2cccc(O)c2)N(C)S(C)(=O)=O)CNC[C@H]1C(=O)N1CCCC1C(=O)O. The molecule has 0 bridgehead atoms. The van der Waals surface area contributed by atoms with Crippen LogP contribution in [-0.4, -0.2) is 90.5 Å². The van der Waals surface area contributed by atoms with E-state index in [0.717, 1.165) is 10.6 Å². The Hall–Kier alpha value is -3.35. The normalized spacial score (nSPS) is 23.9. The van der Waals surface area contributed by atoms with Crippen LogP contribution in [0.1, 0.15) is 46.7 Å². The summed E-state index contributed by atoms with van der Waals surface area (Å²) in [5, 5.41) is 22.9. The molecule has 2 saturated heterocycles. The maximum atomic E-state index is 14.8. The second kappa shape index (κ2) is 12.3. The third kappa shape index (κ3) is 6.44. The number of nitrogens with one attached hydrogen (secondary N) is 1. The second-order valence-electron chi connectivity index (χ2n) is 11.0. The van der Waals surface area contributed by atoms with E-state index in [1.807, 2.05) is 0 Å². The Labute approximate surface area is 239 Å². The van der Waals surface area contributed by atoms with Crippen LogP contribution < -0.4 is 5.32 Å². The van der Waals surface area contributed by atoms with Crippen LogP contribution in [0, 0.1) is 24.6 Å². The van der Waals surface area contributed by atoms with Gasteiger partial charge >= 0.3 is 5.97 Å². The first kappa shape index (κ1) is 30.6. The van der Waals surface area contributed by atoms with Crippen molar-refractivity contribution in [3.05, 3.63) is 65.0 Å². The molecule has 10 nitrogen and oxygen atoms in total. The standard InChI is InChI=1S/C29H36FN3O7S/c1-17-21(9-5-10-23(17)30)26-19(15-31-16-22(26)28(36)33-12-6-11-24(33)29(37)38)14-25(32(2)41(3,39)40)27(35)18-7-4-8-20(34)13-18/h4-5,7-10,13,19,22,24-26,31,34H,6,11-12,14-16H2,1-3H3,(H,37,38)/t19-,22+,24?,25?,26+/m0/s1. The summed E-state index contributed by atoms with van der Waals surface area (Å²) in [4.78, 5) is 40.9. The molecule has 0 radical (unpaired) electrons. The molecule has 4 rings (SSSR count). The molecule has 0 spiro atoms. The Morgan fingerprint density at radius 1 is 1.17 bits per heavy atom. The van der Waals surface area contributed by atoms with Gasteiger partial charge in [0.1, 0.15) is 17.6 Å². The minimum Gasteiger partial charge on any atom is -0.508 e. The fraction of sp³-hybridized carbons (Fsp3) is 0.483. The molecule has 1 amide bonds. The minimum absolute atomic E-state index is 0.00216. The number of carbonyl (C=O) groups is 3. The number of phenols is 1. The van der Waals surface area contributed by atoms with Crippen molar-refractivity contribution in [3.8, 4) is 5.75 Å². The van der Waals surface area contributed by atoms with Gasteiger partial charge in [0.25, 0.3) is 0 Å². The number of carbonyl (C=O) groups excluding carboxylic acids is 2. The summed E-state index contributed by atoms with van der Waals surface area (Å²) < 4.78 is 41.1. The molecule has 2 aliphatic rings. The zero-order valence-electron chi connectivity index (χ0n) is 23.3. The van der Waals surface area contributed by atoms with Gasteiger partial charge in [-0.15, -0.1) is 0 Å². The van der Waals surface area contributed by atoms with Crippen LogP contribution in [0.4, 0.5) is 4.39 Å². The summed E-state index contributed by atoms with van der Waals surface area (Å²) in [5.41, 5.74) is 1.03. The van der Waals surface area contributed by atoms with Crippen LogP contribution in [0.3, 0.4) is 0 Å². The fourth-order valence-electron chi connectivity index (χ4n) is 6.22. The largest absolute Gasteiger partial charge is 0.508 e. The monoisotopic (exact) mass is 589 g/mol. The number of amides is 1. The lowest BCUT2D eigenvalue weighted by Crippen LogP contribution is -2.54. The van der Waals surface area contributed by atoms with Gasteiger partial charge in [0, 0.05) is 31.6 Å². The first-order valence-corrected chi connectivity index (χ1v) is 15.4. The van der Waals surface area contributed by atoms with E-state index in [1.165, 1.54) is 42.3 Å². The summed E-state index contributed by atoms with van der Waals surface area (Å²) >= 11 is 0. The molecule has 2 unspecified atom stereocenters. The van der Waals surface area contributed by atoms with E-state index >= 15 is 0 Å². The van der Waals surface area contributed by atoms with Gasteiger partial charge < -0.3 is 20.4 Å². The van der Waals surface area contributed by atoms with Gasteiger partial charge in [-0.05, 0) is 68.0 Å². The van der Waals surface area contributed by atoms with Crippen molar-refractivity contribution in [3.63, 3.8) is 0 Å². The number of likely N-dealkylation sites (tertiary alicyclic amines) is 1. The highest BCUT2D eigenvalue weighted by molar-refractivity contribution is 7.88. The number of halogens is 1. The summed E-state index contributed by atoms with van der Waals surface area (Å²) in [7, 11) is -2.53. The van der Waals surface area contributed by atoms with Crippen molar-refractivity contribution in [2.24, 2.45) is 11.8 Å². The van der Waals surface area contributed by atoms with E-state index in [-0.39, 0.29) is 30.2 Å². The van der Waals surface area contributed by atoms with Crippen molar-refractivity contribution in [1.82, 2.24) is 14.5 Å². The van der Waals surface area contributed by atoms with Crippen molar-refractivity contribution < 1.29 is 37.4 Å². The van der Waals surface area contributed by atoms with Crippen LogP contribution >= 0.6 is 0 Å². The van der Waals surface area contributed by atoms with Gasteiger partial charge in [-0.2, -0.15) is 4.31 Å². The molecule has 0 saturated carbocycles. The van der Waals surface area contributed by atoms with Gasteiger partial charge in [0.15, 0.2) is 5.78 Å². The number of hydrogen-bond donors (Lipinski definition) is 3. The van der Waals surface area contributed by atoms with Crippen LogP contribution in [0.15, 0.2) is 42.5 Å². The van der Waals surface area contributed by atoms with Gasteiger partial charge in [-0.25, -0.2) is 17.6 Å². The maximum Gasteiger partial charge on any atom is 0.326 e. The maximum absolute atomic E-state index is 14.8. The Bertz CT molecular complexity index is 1430. The van der Waals surface area contributed by atoms with Gasteiger partial charge in [0.2, 0.25) is 15.9 Å². The molecular weight excluding hydrogens is 553 g/mol. The van der Waals surface area contributed by atoms with Crippen molar-refractivity contribution >= 4 is 27.7 Å². The zero-order chi connectivity index (χ0) is 30.1. The summed E-state index contributed by atoms with van der Waals surface area (Å²) in [6.45, 7) is 2.43. The highest BCUT2D eigenvalue weighted by Gasteiger charge is 2.46. The lowest BCUT2D eigenvalue weighted by molar-refractivity contribution is -0.150. The quantitative estimate of drug-likeness (QED) is 0.378. The van der Waals surface area contributed by atoms with Crippen LogP contribution in [0.2, 0.25) is 0 Å². The molecule has 0 aromatic heterocycles. The number of aromatic hydroxyl groups is 1. The van der Waals surface area contributed by atoms with E-state index in [2.05, 4.69) is 5.32 Å². The van der Waals surface area contributed by atoms with E-state index in [4.69, 9.17) is 0 Å². The molecule has 41 heavy (non-hydrogen) atoms. The lowest BCUT2D eigenvalue weighted by Gasteiger charge is -2.42. The number of likely N-dealkylation sites (N-methyl/N-ethyl adjacent to an activating group) is 1. The lowest BCUT2D eigenvalue weighted by atomic mass is 9.70. The minimum atomic E-state index is -3.84. The number of ketones is 1. The molecule has 3 N–H and O–H groups in total. The third-order valence-electron chi connectivity index (χ3n) is 8.44. The highest BCUT2D eigenvalue weighted by atomic mass is 32.2. The number of benzene rings is 2. The summed E-state index contributed by atoms with van der Waals surface area (Å²) in [6.07, 6.45) is 1.89. The molecule has 12 heteroatoms. The number of carboxylic acids is 1. The number of hydrogen-bond acceptors (Lipinski definition) is 7. The van der Waals surface area contributed by atoms with E-state index in [0.29, 0.717) is 37.1 Å². The molecule has 2 fully saturated rings. The van der Waals surface area contributed by atoms with E-state index in [9.17, 15) is 37.4 Å². The molecule has 0 aliphatic carbocycles. The smallest absolute Gasteiger partial charge is 0.326 e. The Morgan fingerprint density at radius 3 is 2.54 bits per heavy atom. The van der Waals surface area contributed by atoms with Gasteiger partial charge in [-0.3, -0.25) is 9.59 Å². The fourth-order valence-corrected chi connectivity index (χ4v) is 6.87. The number of sulfonamides is 1. The summed E-state index contributed by atoms with van der Waals surface area (Å²) in [5.74, 6) is -4.47. The molecule has 5 atom stereocenters. The average molecular weight is 590 g/mol. The van der Waals surface area contributed by atoms with E-state index < -0.39 is 57.4 Å². The van der Waals surface area contributed by atoms with Gasteiger partial charge in [0.05, 0.1) is 18.2 Å².